The third-order valence-electron chi connectivity index (χ3n) is 7.30. The average Bonchev–Trinajstić information content (AvgIpc) is 2.95. The van der Waals surface area contributed by atoms with E-state index in [9.17, 15) is 5.11 Å². The normalized spacial score (nSPS) is 21.8. The lowest BCUT2D eigenvalue weighted by atomic mass is 9.86. The van der Waals surface area contributed by atoms with Crippen molar-refractivity contribution in [3.63, 3.8) is 0 Å². The number of rotatable bonds is 14. The Bertz CT molecular complexity index is 1000. The first-order chi connectivity index (χ1) is 18.2. The van der Waals surface area contributed by atoms with Gasteiger partial charge in [0, 0.05) is 25.6 Å². The lowest BCUT2D eigenvalue weighted by Gasteiger charge is -2.44. The Hall–Kier alpha value is -2.54. The van der Waals surface area contributed by atoms with Crippen molar-refractivity contribution in [2.24, 2.45) is 5.73 Å². The summed E-state index contributed by atoms with van der Waals surface area (Å²) in [5.41, 5.74) is 9.67. The molecule has 198 valence electrons. The van der Waals surface area contributed by atoms with Crippen molar-refractivity contribution in [2.75, 3.05) is 19.6 Å². The third-order valence-corrected chi connectivity index (χ3v) is 7.30. The van der Waals surface area contributed by atoms with Crippen LogP contribution in [0.4, 0.5) is 0 Å². The maximum Gasteiger partial charge on any atom is 0.0958 e. The van der Waals surface area contributed by atoms with Gasteiger partial charge in [0.25, 0.3) is 0 Å². The first kappa shape index (κ1) is 27.5. The number of nitrogens with two attached hydrogens (primary N) is 1. The maximum absolute atomic E-state index is 11.5. The van der Waals surface area contributed by atoms with Gasteiger partial charge in [-0.1, -0.05) is 91.0 Å². The van der Waals surface area contributed by atoms with Gasteiger partial charge in [-0.3, -0.25) is 4.90 Å². The van der Waals surface area contributed by atoms with E-state index in [2.05, 4.69) is 59.5 Å². The second-order valence-corrected chi connectivity index (χ2v) is 10.1. The Morgan fingerprint density at radius 2 is 1.27 bits per heavy atom. The predicted octanol–water partition coefficient (Wildman–Crippen LogP) is 4.96. The molecule has 0 aromatic heterocycles. The van der Waals surface area contributed by atoms with Crippen molar-refractivity contribution in [1.29, 1.82) is 0 Å². The summed E-state index contributed by atoms with van der Waals surface area (Å²) in [6.07, 6.45) is 3.83. The molecule has 0 amide bonds. The second-order valence-electron chi connectivity index (χ2n) is 10.1. The zero-order chi connectivity index (χ0) is 25.7. The molecule has 0 saturated heterocycles. The highest BCUT2D eigenvalue weighted by Gasteiger charge is 2.40. The highest BCUT2D eigenvalue weighted by atomic mass is 16.5. The molecule has 5 heteroatoms. The SMILES string of the molecule is NCCN(CCCCc1ccccc1)[C@@H]1C[C@H](OCc2ccccc2)C[C@@H](OCc2ccccc2)[C@H]1O. The van der Waals surface area contributed by atoms with Crippen molar-refractivity contribution in [1.82, 2.24) is 4.90 Å². The Morgan fingerprint density at radius 3 is 1.86 bits per heavy atom. The number of hydrogen-bond acceptors (Lipinski definition) is 5. The lowest BCUT2D eigenvalue weighted by molar-refractivity contribution is -0.142. The molecule has 3 aromatic carbocycles. The quantitative estimate of drug-likeness (QED) is 0.305. The fourth-order valence-electron chi connectivity index (χ4n) is 5.28. The zero-order valence-corrected chi connectivity index (χ0v) is 21.8. The summed E-state index contributed by atoms with van der Waals surface area (Å²) in [5, 5.41) is 11.5. The molecule has 0 unspecified atom stereocenters. The molecule has 37 heavy (non-hydrogen) atoms. The topological polar surface area (TPSA) is 68.0 Å². The standard InChI is InChI=1S/C32H42N2O3/c33-19-21-34(20-11-10-14-26-12-4-1-5-13-26)30-22-29(36-24-27-15-6-2-7-16-27)23-31(32(30)35)37-25-28-17-8-3-9-18-28/h1-9,12-13,15-18,29-32,35H,10-11,14,19-25,33H2/t29-,30+,31+,32-/m0/s1. The summed E-state index contributed by atoms with van der Waals surface area (Å²) in [5.74, 6) is 0. The van der Waals surface area contributed by atoms with Crippen LogP contribution in [-0.4, -0.2) is 54.0 Å². The van der Waals surface area contributed by atoms with E-state index < -0.39 is 6.10 Å². The number of unbranched alkanes of at least 4 members (excludes halogenated alkanes) is 1. The number of nitrogens with zero attached hydrogens (tertiary/aromatic N) is 1. The number of aliphatic hydroxyl groups is 1. The largest absolute Gasteiger partial charge is 0.389 e. The van der Waals surface area contributed by atoms with Crippen molar-refractivity contribution in [3.05, 3.63) is 108 Å². The van der Waals surface area contributed by atoms with E-state index in [1.807, 2.05) is 36.4 Å². The van der Waals surface area contributed by atoms with Crippen LogP contribution in [0.3, 0.4) is 0 Å². The Morgan fingerprint density at radius 1 is 0.703 bits per heavy atom. The minimum absolute atomic E-state index is 0.0129. The summed E-state index contributed by atoms with van der Waals surface area (Å²) in [4.78, 5) is 2.37. The second kappa shape index (κ2) is 15.0. The predicted molar refractivity (Wildman–Crippen MR) is 149 cm³/mol. The van der Waals surface area contributed by atoms with E-state index in [1.54, 1.807) is 0 Å². The lowest BCUT2D eigenvalue weighted by Crippen LogP contribution is -2.56. The van der Waals surface area contributed by atoms with Gasteiger partial charge in [-0.05, 0) is 48.9 Å². The summed E-state index contributed by atoms with van der Waals surface area (Å²) >= 11 is 0. The zero-order valence-electron chi connectivity index (χ0n) is 21.8. The van der Waals surface area contributed by atoms with E-state index in [0.29, 0.717) is 26.2 Å². The summed E-state index contributed by atoms with van der Waals surface area (Å²) in [6.45, 7) is 3.27. The van der Waals surface area contributed by atoms with Gasteiger partial charge in [-0.25, -0.2) is 0 Å². The summed E-state index contributed by atoms with van der Waals surface area (Å²) in [6, 6.07) is 31.0. The van der Waals surface area contributed by atoms with E-state index in [0.717, 1.165) is 49.9 Å². The van der Waals surface area contributed by atoms with Crippen LogP contribution in [0.5, 0.6) is 0 Å². The molecule has 0 radical (unpaired) electrons. The molecule has 4 rings (SSSR count). The maximum atomic E-state index is 11.5. The van der Waals surface area contributed by atoms with Crippen molar-refractivity contribution in [3.8, 4) is 0 Å². The molecular weight excluding hydrogens is 460 g/mol. The molecule has 3 aromatic rings. The van der Waals surface area contributed by atoms with Crippen LogP contribution in [0.25, 0.3) is 0 Å². The van der Waals surface area contributed by atoms with E-state index in [-0.39, 0.29) is 18.2 Å². The van der Waals surface area contributed by atoms with Crippen LogP contribution in [0, 0.1) is 0 Å². The number of ether oxygens (including phenoxy) is 2. The molecule has 1 saturated carbocycles. The van der Waals surface area contributed by atoms with Gasteiger partial charge in [-0.2, -0.15) is 0 Å². The number of benzene rings is 3. The van der Waals surface area contributed by atoms with Crippen LogP contribution in [0.1, 0.15) is 42.4 Å². The Balaban J connectivity index is 1.40. The molecule has 1 aliphatic carbocycles. The molecule has 1 fully saturated rings. The van der Waals surface area contributed by atoms with Crippen LogP contribution >= 0.6 is 0 Å². The van der Waals surface area contributed by atoms with Crippen molar-refractivity contribution in [2.45, 2.75) is 69.7 Å². The van der Waals surface area contributed by atoms with Gasteiger partial charge >= 0.3 is 0 Å². The van der Waals surface area contributed by atoms with Crippen molar-refractivity contribution < 1.29 is 14.6 Å². The molecule has 0 bridgehead atoms. The first-order valence-corrected chi connectivity index (χ1v) is 13.7. The van der Waals surface area contributed by atoms with Crippen molar-refractivity contribution >= 4 is 0 Å². The monoisotopic (exact) mass is 502 g/mol. The molecule has 4 atom stereocenters. The van der Waals surface area contributed by atoms with Gasteiger partial charge in [0.15, 0.2) is 0 Å². The van der Waals surface area contributed by atoms with E-state index in [4.69, 9.17) is 15.2 Å². The minimum Gasteiger partial charge on any atom is -0.389 e. The summed E-state index contributed by atoms with van der Waals surface area (Å²) < 4.78 is 12.7. The highest BCUT2D eigenvalue weighted by Crippen LogP contribution is 2.30. The summed E-state index contributed by atoms with van der Waals surface area (Å²) in [7, 11) is 0. The Kier molecular flexibility index (Phi) is 11.2. The molecule has 5 nitrogen and oxygen atoms in total. The smallest absolute Gasteiger partial charge is 0.0958 e. The van der Waals surface area contributed by atoms with E-state index >= 15 is 0 Å². The van der Waals surface area contributed by atoms with Gasteiger partial charge in [0.2, 0.25) is 0 Å². The van der Waals surface area contributed by atoms with Crippen LogP contribution in [0.15, 0.2) is 91.0 Å². The number of hydrogen-bond donors (Lipinski definition) is 2. The first-order valence-electron chi connectivity index (χ1n) is 13.7. The van der Waals surface area contributed by atoms with Crippen LogP contribution in [-0.2, 0) is 29.1 Å². The highest BCUT2D eigenvalue weighted by molar-refractivity contribution is 5.15. The molecule has 3 N–H and O–H groups in total. The fourth-order valence-corrected chi connectivity index (χ4v) is 5.28. The number of aliphatic hydroxyl groups excluding tert-OH is 1. The molecular formula is C32H42N2O3. The van der Waals surface area contributed by atoms with Gasteiger partial charge in [0.1, 0.15) is 0 Å². The van der Waals surface area contributed by atoms with Crippen LogP contribution in [0.2, 0.25) is 0 Å². The minimum atomic E-state index is -0.582. The van der Waals surface area contributed by atoms with Gasteiger partial charge in [-0.15, -0.1) is 0 Å². The fraction of sp³-hybridized carbons (Fsp3) is 0.438. The third kappa shape index (κ3) is 8.77. The molecule has 1 aliphatic rings. The number of aryl methyl sites for hydroxylation is 1. The van der Waals surface area contributed by atoms with Crippen LogP contribution < -0.4 is 5.73 Å². The Labute approximate surface area is 222 Å². The molecule has 0 spiro atoms. The molecule has 0 heterocycles. The van der Waals surface area contributed by atoms with E-state index in [1.165, 1.54) is 5.56 Å². The van der Waals surface area contributed by atoms with Gasteiger partial charge < -0.3 is 20.3 Å². The average molecular weight is 503 g/mol. The molecule has 0 aliphatic heterocycles. The van der Waals surface area contributed by atoms with Gasteiger partial charge in [0.05, 0.1) is 31.5 Å².